The largest absolute Gasteiger partial charge is 0.480 e. The van der Waals surface area contributed by atoms with Gasteiger partial charge in [-0.25, -0.2) is 4.79 Å². The van der Waals surface area contributed by atoms with Crippen LogP contribution in [0.3, 0.4) is 0 Å². The van der Waals surface area contributed by atoms with Crippen molar-refractivity contribution in [3.05, 3.63) is 12.7 Å². The first kappa shape index (κ1) is 13.2. The number of allylic oxidation sites excluding steroid dienone is 1. The van der Waals surface area contributed by atoms with Crippen LogP contribution in [0.5, 0.6) is 0 Å². The molecule has 0 radical (unpaired) electrons. The number of carboxylic acids is 1. The zero-order chi connectivity index (χ0) is 11.8. The van der Waals surface area contributed by atoms with Gasteiger partial charge in [-0.05, 0) is 6.42 Å². The van der Waals surface area contributed by atoms with Gasteiger partial charge in [-0.1, -0.05) is 6.08 Å². The zero-order valence-corrected chi connectivity index (χ0v) is 8.23. The Morgan fingerprint density at radius 3 is 2.47 bits per heavy atom. The second-order valence-corrected chi connectivity index (χ2v) is 2.96. The van der Waals surface area contributed by atoms with Gasteiger partial charge < -0.3 is 16.2 Å². The molecule has 0 aromatic heterocycles. The molecule has 15 heavy (non-hydrogen) atoms. The van der Waals surface area contributed by atoms with Gasteiger partial charge in [0.1, 0.15) is 6.04 Å². The molecule has 0 unspecified atom stereocenters. The Morgan fingerprint density at radius 2 is 2.07 bits per heavy atom. The van der Waals surface area contributed by atoms with Crippen molar-refractivity contribution < 1.29 is 19.5 Å². The summed E-state index contributed by atoms with van der Waals surface area (Å²) in [6.07, 6.45) is 1.74. The fourth-order valence-electron chi connectivity index (χ4n) is 0.901. The summed E-state index contributed by atoms with van der Waals surface area (Å²) < 4.78 is 0. The first-order valence-corrected chi connectivity index (χ1v) is 4.38. The minimum absolute atomic E-state index is 0.145. The van der Waals surface area contributed by atoms with E-state index in [9.17, 15) is 14.4 Å². The molecular formula is C9H14N2O4. The minimum atomic E-state index is -1.28. The highest BCUT2D eigenvalue weighted by atomic mass is 16.4. The van der Waals surface area contributed by atoms with E-state index in [0.717, 1.165) is 0 Å². The van der Waals surface area contributed by atoms with Gasteiger partial charge in [-0.3, -0.25) is 9.59 Å². The standard InChI is InChI=1S/C9H14N2O4/c1-2-3-4-8(13)11-6(9(14)15)5-7(10)12/h2,6H,1,3-5H2,(H2,10,12)(H,11,13)(H,14,15)/t6-/m0/s1. The molecular weight excluding hydrogens is 200 g/mol. The highest BCUT2D eigenvalue weighted by Crippen LogP contribution is 1.95. The Morgan fingerprint density at radius 1 is 1.47 bits per heavy atom. The molecule has 0 aliphatic carbocycles. The van der Waals surface area contributed by atoms with Gasteiger partial charge in [0.25, 0.3) is 0 Å². The predicted octanol–water partition coefficient (Wildman–Crippen LogP) is -0.603. The minimum Gasteiger partial charge on any atom is -0.480 e. The number of aliphatic carboxylic acids is 1. The van der Waals surface area contributed by atoms with Crippen LogP contribution < -0.4 is 11.1 Å². The van der Waals surface area contributed by atoms with Crippen molar-refractivity contribution in [2.45, 2.75) is 25.3 Å². The van der Waals surface area contributed by atoms with Crippen molar-refractivity contribution in [2.24, 2.45) is 5.73 Å². The van der Waals surface area contributed by atoms with Crippen LogP contribution in [0, 0.1) is 0 Å². The van der Waals surface area contributed by atoms with Crippen LogP contribution >= 0.6 is 0 Å². The van der Waals surface area contributed by atoms with Crippen molar-refractivity contribution >= 4 is 17.8 Å². The van der Waals surface area contributed by atoms with Crippen LogP contribution in [-0.2, 0) is 14.4 Å². The van der Waals surface area contributed by atoms with Gasteiger partial charge in [-0.2, -0.15) is 0 Å². The molecule has 0 aliphatic heterocycles. The monoisotopic (exact) mass is 214 g/mol. The number of rotatable bonds is 7. The third-order valence-corrected chi connectivity index (χ3v) is 1.61. The Balaban J connectivity index is 4.16. The van der Waals surface area contributed by atoms with E-state index in [-0.39, 0.29) is 6.42 Å². The molecule has 6 heteroatoms. The first-order chi connectivity index (χ1) is 6.97. The van der Waals surface area contributed by atoms with Crippen LogP contribution in [0.2, 0.25) is 0 Å². The Kier molecular flexibility index (Phi) is 5.77. The van der Waals surface area contributed by atoms with E-state index in [1.807, 2.05) is 0 Å². The molecule has 0 aromatic carbocycles. The summed E-state index contributed by atoms with van der Waals surface area (Å²) in [6, 6.07) is -1.25. The molecule has 0 saturated heterocycles. The zero-order valence-electron chi connectivity index (χ0n) is 8.23. The summed E-state index contributed by atoms with van der Waals surface area (Å²) in [5, 5.41) is 10.8. The van der Waals surface area contributed by atoms with E-state index in [0.29, 0.717) is 6.42 Å². The van der Waals surface area contributed by atoms with Gasteiger partial charge in [-0.15, -0.1) is 6.58 Å². The van der Waals surface area contributed by atoms with Crippen LogP contribution in [0.25, 0.3) is 0 Å². The predicted molar refractivity (Wildman–Crippen MR) is 52.8 cm³/mol. The Hall–Kier alpha value is -1.85. The molecule has 0 bridgehead atoms. The van der Waals surface area contributed by atoms with E-state index in [1.54, 1.807) is 6.08 Å². The summed E-state index contributed by atoms with van der Waals surface area (Å²) in [5.74, 6) is -2.49. The summed E-state index contributed by atoms with van der Waals surface area (Å²) in [7, 11) is 0. The van der Waals surface area contributed by atoms with Gasteiger partial charge in [0.05, 0.1) is 6.42 Å². The fourth-order valence-corrected chi connectivity index (χ4v) is 0.901. The lowest BCUT2D eigenvalue weighted by atomic mass is 10.2. The molecule has 0 heterocycles. The number of hydrogen-bond donors (Lipinski definition) is 3. The molecule has 2 amide bonds. The van der Waals surface area contributed by atoms with E-state index in [1.165, 1.54) is 0 Å². The van der Waals surface area contributed by atoms with Crippen molar-refractivity contribution in [2.75, 3.05) is 0 Å². The van der Waals surface area contributed by atoms with Gasteiger partial charge in [0, 0.05) is 6.42 Å². The number of nitrogens with one attached hydrogen (secondary N) is 1. The Labute approximate surface area is 87.1 Å². The van der Waals surface area contributed by atoms with E-state index < -0.39 is 30.2 Å². The van der Waals surface area contributed by atoms with Gasteiger partial charge in [0.15, 0.2) is 0 Å². The fraction of sp³-hybridized carbons (Fsp3) is 0.444. The van der Waals surface area contributed by atoms with Crippen molar-refractivity contribution in [1.82, 2.24) is 5.32 Å². The molecule has 6 nitrogen and oxygen atoms in total. The molecule has 1 atom stereocenters. The average Bonchev–Trinajstić information content (AvgIpc) is 2.12. The smallest absolute Gasteiger partial charge is 0.326 e. The van der Waals surface area contributed by atoms with E-state index in [2.05, 4.69) is 11.9 Å². The molecule has 0 rings (SSSR count). The maximum absolute atomic E-state index is 11.1. The normalized spacial score (nSPS) is 11.5. The van der Waals surface area contributed by atoms with Crippen LogP contribution in [0.4, 0.5) is 0 Å². The summed E-state index contributed by atoms with van der Waals surface area (Å²) in [6.45, 7) is 3.42. The molecule has 0 aliphatic rings. The molecule has 0 saturated carbocycles. The van der Waals surface area contributed by atoms with E-state index >= 15 is 0 Å². The summed E-state index contributed by atoms with van der Waals surface area (Å²) in [5.41, 5.74) is 4.84. The number of carboxylic acid groups (broad SMARTS) is 1. The van der Waals surface area contributed by atoms with Gasteiger partial charge >= 0.3 is 5.97 Å². The molecule has 84 valence electrons. The second-order valence-electron chi connectivity index (χ2n) is 2.96. The second kappa shape index (κ2) is 6.58. The number of primary amides is 1. The van der Waals surface area contributed by atoms with Crippen molar-refractivity contribution in [3.63, 3.8) is 0 Å². The third kappa shape index (κ3) is 6.25. The number of carbonyl (C=O) groups excluding carboxylic acids is 2. The maximum atomic E-state index is 11.1. The summed E-state index contributed by atoms with van der Waals surface area (Å²) >= 11 is 0. The van der Waals surface area contributed by atoms with Crippen LogP contribution in [0.15, 0.2) is 12.7 Å². The number of amides is 2. The highest BCUT2D eigenvalue weighted by Gasteiger charge is 2.21. The quantitative estimate of drug-likeness (QED) is 0.491. The number of carbonyl (C=O) groups is 3. The molecule has 0 aromatic rings. The average molecular weight is 214 g/mol. The molecule has 0 fully saturated rings. The van der Waals surface area contributed by atoms with Crippen molar-refractivity contribution in [1.29, 1.82) is 0 Å². The molecule has 4 N–H and O–H groups in total. The number of hydrogen-bond acceptors (Lipinski definition) is 3. The first-order valence-electron chi connectivity index (χ1n) is 4.38. The lowest BCUT2D eigenvalue weighted by molar-refractivity contribution is -0.143. The third-order valence-electron chi connectivity index (χ3n) is 1.61. The Bertz CT molecular complexity index is 275. The lowest BCUT2D eigenvalue weighted by Crippen LogP contribution is -2.43. The van der Waals surface area contributed by atoms with Crippen LogP contribution in [-0.4, -0.2) is 28.9 Å². The van der Waals surface area contributed by atoms with Crippen molar-refractivity contribution in [3.8, 4) is 0 Å². The summed E-state index contributed by atoms with van der Waals surface area (Å²) in [4.78, 5) is 32.2. The SMILES string of the molecule is C=CCCC(=O)N[C@@H](CC(N)=O)C(=O)O. The number of nitrogens with two attached hydrogens (primary N) is 1. The van der Waals surface area contributed by atoms with E-state index in [4.69, 9.17) is 10.8 Å². The highest BCUT2D eigenvalue weighted by molar-refractivity contribution is 5.88. The maximum Gasteiger partial charge on any atom is 0.326 e. The lowest BCUT2D eigenvalue weighted by Gasteiger charge is -2.11. The van der Waals surface area contributed by atoms with Gasteiger partial charge in [0.2, 0.25) is 11.8 Å². The van der Waals surface area contributed by atoms with Crippen LogP contribution in [0.1, 0.15) is 19.3 Å². The topological polar surface area (TPSA) is 109 Å². The molecule has 0 spiro atoms.